The number of aliphatic hydroxyl groups is 2. The molecule has 0 unspecified atom stereocenters. The van der Waals surface area contributed by atoms with Crippen LogP contribution in [0.25, 0.3) is 0 Å². The van der Waals surface area contributed by atoms with Gasteiger partial charge in [-0.1, -0.05) is 41.5 Å². The van der Waals surface area contributed by atoms with Gasteiger partial charge in [-0.15, -0.1) is 0 Å². The van der Waals surface area contributed by atoms with Crippen molar-refractivity contribution < 1.29 is 14.6 Å². The van der Waals surface area contributed by atoms with Gasteiger partial charge in [-0.2, -0.15) is 0 Å². The van der Waals surface area contributed by atoms with E-state index in [9.17, 15) is 10.2 Å². The molecule has 0 aromatic carbocycles. The molecule has 0 aromatic rings. The van der Waals surface area contributed by atoms with Crippen molar-refractivity contribution in [3.05, 3.63) is 0 Å². The molecule has 4 heteroatoms. The molecule has 0 aliphatic carbocycles. The normalized spacial score (nSPS) is 18.6. The van der Waals surface area contributed by atoms with Crippen LogP contribution in [0.15, 0.2) is 0 Å². The van der Waals surface area contributed by atoms with Crippen LogP contribution in [0.2, 0.25) is 18.1 Å². The molecule has 0 heterocycles. The summed E-state index contributed by atoms with van der Waals surface area (Å²) in [5, 5.41) is 20.3. The second kappa shape index (κ2) is 9.93. The van der Waals surface area contributed by atoms with Gasteiger partial charge in [0.25, 0.3) is 0 Å². The van der Waals surface area contributed by atoms with Crippen LogP contribution in [-0.4, -0.2) is 36.8 Å². The van der Waals surface area contributed by atoms with Gasteiger partial charge in [0.1, 0.15) is 0 Å². The smallest absolute Gasteiger partial charge is 0.192 e. The zero-order valence-electron chi connectivity index (χ0n) is 14.4. The van der Waals surface area contributed by atoms with E-state index >= 15 is 0 Å². The van der Waals surface area contributed by atoms with E-state index in [-0.39, 0.29) is 12.0 Å². The molecule has 0 aliphatic heterocycles. The van der Waals surface area contributed by atoms with Crippen LogP contribution in [0.3, 0.4) is 0 Å². The third kappa shape index (κ3) is 5.13. The minimum Gasteiger partial charge on any atom is -0.414 e. The fourth-order valence-electron chi connectivity index (χ4n) is 3.05. The van der Waals surface area contributed by atoms with E-state index in [0.29, 0.717) is 6.42 Å². The third-order valence-electron chi connectivity index (χ3n) is 4.94. The average Bonchev–Trinajstić information content (AvgIpc) is 2.50. The van der Waals surface area contributed by atoms with Crippen LogP contribution in [0, 0.1) is 5.92 Å². The van der Waals surface area contributed by atoms with E-state index in [0.717, 1.165) is 31.0 Å². The summed E-state index contributed by atoms with van der Waals surface area (Å²) in [5.41, 5.74) is 0. The maximum atomic E-state index is 10.4. The van der Waals surface area contributed by atoms with Crippen LogP contribution < -0.4 is 0 Å². The van der Waals surface area contributed by atoms with Crippen molar-refractivity contribution in [2.45, 2.75) is 97.2 Å². The summed E-state index contributed by atoms with van der Waals surface area (Å²) in [5.74, 6) is 0.0338. The summed E-state index contributed by atoms with van der Waals surface area (Å²) >= 11 is 0. The van der Waals surface area contributed by atoms with E-state index < -0.39 is 20.5 Å². The predicted octanol–water partition coefficient (Wildman–Crippen LogP) is 3.94. The maximum absolute atomic E-state index is 10.4. The third-order valence-corrected chi connectivity index (χ3v) is 9.61. The maximum Gasteiger partial charge on any atom is 0.192 e. The van der Waals surface area contributed by atoms with Crippen molar-refractivity contribution >= 4 is 8.32 Å². The fourth-order valence-corrected chi connectivity index (χ4v) is 6.03. The summed E-state index contributed by atoms with van der Waals surface area (Å²) in [6.07, 6.45) is 1.10. The Morgan fingerprint density at radius 3 is 1.60 bits per heavy atom. The van der Waals surface area contributed by atoms with Crippen LogP contribution in [0.4, 0.5) is 0 Å². The van der Waals surface area contributed by atoms with Gasteiger partial charge >= 0.3 is 0 Å². The van der Waals surface area contributed by atoms with Crippen LogP contribution in [0.1, 0.15) is 60.8 Å². The summed E-state index contributed by atoms with van der Waals surface area (Å²) in [6, 6.07) is 3.37. The lowest BCUT2D eigenvalue weighted by Gasteiger charge is -2.39. The summed E-state index contributed by atoms with van der Waals surface area (Å²) in [7, 11) is -1.66. The molecule has 0 saturated heterocycles. The molecule has 0 aromatic heterocycles. The van der Waals surface area contributed by atoms with Crippen LogP contribution in [-0.2, 0) is 4.43 Å². The van der Waals surface area contributed by atoms with Crippen molar-refractivity contribution in [2.24, 2.45) is 5.92 Å². The zero-order valence-corrected chi connectivity index (χ0v) is 15.4. The zero-order chi connectivity index (χ0) is 15.8. The van der Waals surface area contributed by atoms with Gasteiger partial charge < -0.3 is 14.6 Å². The number of hydrogen-bond donors (Lipinski definition) is 2. The van der Waals surface area contributed by atoms with Crippen LogP contribution in [0.5, 0.6) is 0 Å². The molecule has 122 valence electrons. The van der Waals surface area contributed by atoms with E-state index in [4.69, 9.17) is 4.43 Å². The minimum atomic E-state index is -1.66. The Bertz CT molecular complexity index is 236. The monoisotopic (exact) mass is 304 g/mol. The molecule has 0 amide bonds. The molecule has 0 rings (SSSR count). The molecule has 3 nitrogen and oxygen atoms in total. The van der Waals surface area contributed by atoms with Gasteiger partial charge in [0, 0.05) is 5.92 Å². The van der Waals surface area contributed by atoms with Gasteiger partial charge in [0.15, 0.2) is 8.32 Å². The van der Waals surface area contributed by atoms with Crippen molar-refractivity contribution in [3.8, 4) is 0 Å². The second-order valence-corrected chi connectivity index (χ2v) is 10.6. The first-order valence-corrected chi connectivity index (χ1v) is 11.0. The summed E-state index contributed by atoms with van der Waals surface area (Å²) < 4.78 is 6.57. The van der Waals surface area contributed by atoms with E-state index in [2.05, 4.69) is 34.6 Å². The number of hydrogen-bond acceptors (Lipinski definition) is 3. The highest BCUT2D eigenvalue weighted by atomic mass is 28.4. The SMILES string of the molecule is CC[C@@H]([C@H](O)[C@@H](O)CC)[C@@H](CC)O[Si](CC)(CC)CC. The van der Waals surface area contributed by atoms with Crippen LogP contribution >= 0.6 is 0 Å². The van der Waals surface area contributed by atoms with Gasteiger partial charge in [0.05, 0.1) is 18.3 Å². The van der Waals surface area contributed by atoms with Gasteiger partial charge in [-0.25, -0.2) is 0 Å². The topological polar surface area (TPSA) is 49.7 Å². The lowest BCUT2D eigenvalue weighted by molar-refractivity contribution is -0.0566. The lowest BCUT2D eigenvalue weighted by atomic mass is 9.88. The molecular formula is C16H36O3Si. The Hall–Kier alpha value is 0.0969. The molecule has 0 radical (unpaired) electrons. The minimum absolute atomic E-state index is 0.0338. The highest BCUT2D eigenvalue weighted by Gasteiger charge is 2.37. The Balaban J connectivity index is 5.02. The molecule has 20 heavy (non-hydrogen) atoms. The number of rotatable bonds is 11. The quantitative estimate of drug-likeness (QED) is 0.568. The summed E-state index contributed by atoms with van der Waals surface area (Å²) in [4.78, 5) is 0. The van der Waals surface area contributed by atoms with E-state index in [1.807, 2.05) is 6.92 Å². The molecule has 0 spiro atoms. The molecule has 0 aliphatic rings. The van der Waals surface area contributed by atoms with Gasteiger partial charge in [-0.05, 0) is 37.4 Å². The fraction of sp³-hybridized carbons (Fsp3) is 1.00. The van der Waals surface area contributed by atoms with Crippen molar-refractivity contribution in [2.75, 3.05) is 0 Å². The average molecular weight is 305 g/mol. The molecule has 0 bridgehead atoms. The highest BCUT2D eigenvalue weighted by Crippen LogP contribution is 2.30. The molecule has 0 fully saturated rings. The van der Waals surface area contributed by atoms with Gasteiger partial charge in [-0.3, -0.25) is 0 Å². The van der Waals surface area contributed by atoms with Gasteiger partial charge in [0.2, 0.25) is 0 Å². The first kappa shape index (κ1) is 20.1. The Morgan fingerprint density at radius 2 is 1.30 bits per heavy atom. The van der Waals surface area contributed by atoms with Crippen molar-refractivity contribution in [1.82, 2.24) is 0 Å². The second-order valence-electron chi connectivity index (χ2n) is 5.85. The Kier molecular flexibility index (Phi) is 9.98. The van der Waals surface area contributed by atoms with E-state index in [1.54, 1.807) is 0 Å². The molecular weight excluding hydrogens is 268 g/mol. The lowest BCUT2D eigenvalue weighted by Crippen LogP contribution is -2.47. The molecule has 0 saturated carbocycles. The first-order chi connectivity index (χ1) is 9.44. The van der Waals surface area contributed by atoms with E-state index in [1.165, 1.54) is 0 Å². The predicted molar refractivity (Wildman–Crippen MR) is 88.4 cm³/mol. The molecule has 2 N–H and O–H groups in total. The number of aliphatic hydroxyl groups excluding tert-OH is 2. The largest absolute Gasteiger partial charge is 0.414 e. The highest BCUT2D eigenvalue weighted by molar-refractivity contribution is 6.73. The van der Waals surface area contributed by atoms with Crippen molar-refractivity contribution in [1.29, 1.82) is 0 Å². The Labute approximate surface area is 126 Å². The Morgan fingerprint density at radius 1 is 0.800 bits per heavy atom. The summed E-state index contributed by atoms with van der Waals surface area (Å²) in [6.45, 7) is 12.8. The molecule has 4 atom stereocenters. The first-order valence-electron chi connectivity index (χ1n) is 8.48. The standard InChI is InChI=1S/C16H36O3Si/c1-7-13(16(18)14(17)8-2)15(9-3)19-20(10-4,11-5)12-6/h13-18H,7-12H2,1-6H3/t13-,14+,15-,16+/m1/s1. The van der Waals surface area contributed by atoms with Crippen molar-refractivity contribution in [3.63, 3.8) is 0 Å².